The van der Waals surface area contributed by atoms with Crippen molar-refractivity contribution in [2.45, 2.75) is 6.92 Å². The Kier molecular flexibility index (Phi) is 4.77. The van der Waals surface area contributed by atoms with E-state index in [9.17, 15) is 4.79 Å². The molecule has 0 spiro atoms. The summed E-state index contributed by atoms with van der Waals surface area (Å²) in [5.74, 6) is 1.28. The minimum Gasteiger partial charge on any atom is -0.497 e. The molecule has 0 fully saturated rings. The fourth-order valence-electron chi connectivity index (χ4n) is 3.19. The second-order valence-electron chi connectivity index (χ2n) is 6.53. The number of hydrogen-bond acceptors (Lipinski definition) is 3. The van der Waals surface area contributed by atoms with Crippen LogP contribution in [-0.2, 0) is 4.79 Å². The summed E-state index contributed by atoms with van der Waals surface area (Å²) in [6.45, 7) is 2.00. The van der Waals surface area contributed by atoms with Gasteiger partial charge in [-0.3, -0.25) is 9.69 Å². The number of rotatable bonds is 4. The molecule has 138 valence electrons. The monoisotopic (exact) mass is 368 g/mol. The minimum atomic E-state index is -0.135. The zero-order valence-corrected chi connectivity index (χ0v) is 15.8. The molecule has 0 aromatic heterocycles. The number of nitrogens with zero attached hydrogens (tertiary/aromatic N) is 2. The maximum atomic E-state index is 13.3. The highest BCUT2D eigenvalue weighted by molar-refractivity contribution is 6.33. The van der Waals surface area contributed by atoms with Gasteiger partial charge in [-0.1, -0.05) is 60.7 Å². The second kappa shape index (κ2) is 7.53. The van der Waals surface area contributed by atoms with E-state index in [1.165, 1.54) is 0 Å². The first-order valence-electron chi connectivity index (χ1n) is 9.07. The number of carbonyl (C=O) groups is 1. The fourth-order valence-corrected chi connectivity index (χ4v) is 3.19. The van der Waals surface area contributed by atoms with Crippen LogP contribution in [0, 0.1) is 6.92 Å². The maximum absolute atomic E-state index is 13.3. The molecular formula is C24H20N2O2. The maximum Gasteiger partial charge on any atom is 0.282 e. The molecule has 28 heavy (non-hydrogen) atoms. The molecule has 0 atom stereocenters. The van der Waals surface area contributed by atoms with E-state index in [0.29, 0.717) is 11.5 Å². The molecule has 0 bridgehead atoms. The molecule has 0 aliphatic carbocycles. The van der Waals surface area contributed by atoms with Crippen molar-refractivity contribution in [3.05, 3.63) is 101 Å². The number of amides is 1. The van der Waals surface area contributed by atoms with E-state index in [1.807, 2.05) is 91.9 Å². The summed E-state index contributed by atoms with van der Waals surface area (Å²) in [5.41, 5.74) is 4.06. The Morgan fingerprint density at radius 1 is 0.893 bits per heavy atom. The van der Waals surface area contributed by atoms with Gasteiger partial charge < -0.3 is 4.74 Å². The van der Waals surface area contributed by atoms with Gasteiger partial charge in [-0.25, -0.2) is 4.99 Å². The number of ether oxygens (including phenoxy) is 1. The molecule has 1 aliphatic rings. The number of anilines is 1. The van der Waals surface area contributed by atoms with Gasteiger partial charge in [0.15, 0.2) is 0 Å². The van der Waals surface area contributed by atoms with Crippen molar-refractivity contribution in [2.75, 3.05) is 12.0 Å². The Hall–Kier alpha value is -3.66. The van der Waals surface area contributed by atoms with Crippen LogP contribution in [0.1, 0.15) is 16.7 Å². The smallest absolute Gasteiger partial charge is 0.282 e. The lowest BCUT2D eigenvalue weighted by atomic mass is 10.1. The van der Waals surface area contributed by atoms with Gasteiger partial charge in [-0.15, -0.1) is 0 Å². The Labute approximate surface area is 164 Å². The standard InChI is InChI=1S/C24H20N2O2/c1-17-8-6-7-11-22(17)26-23(19-9-4-3-5-10-19)25-21(24(26)27)16-18-12-14-20(28-2)15-13-18/h3-16H,1-2H3. The van der Waals surface area contributed by atoms with E-state index >= 15 is 0 Å². The lowest BCUT2D eigenvalue weighted by molar-refractivity contribution is -0.113. The van der Waals surface area contributed by atoms with E-state index in [1.54, 1.807) is 12.0 Å². The van der Waals surface area contributed by atoms with Gasteiger partial charge in [0.1, 0.15) is 17.3 Å². The van der Waals surface area contributed by atoms with Crippen LogP contribution in [0.25, 0.3) is 6.08 Å². The van der Waals surface area contributed by atoms with Crippen molar-refractivity contribution in [1.82, 2.24) is 0 Å². The third-order valence-electron chi connectivity index (χ3n) is 4.67. The Bertz CT molecular complexity index is 1070. The number of benzene rings is 3. The van der Waals surface area contributed by atoms with Gasteiger partial charge in [0, 0.05) is 5.56 Å². The lowest BCUT2D eigenvalue weighted by Crippen LogP contribution is -2.33. The van der Waals surface area contributed by atoms with Gasteiger partial charge in [-0.2, -0.15) is 0 Å². The van der Waals surface area contributed by atoms with E-state index in [-0.39, 0.29) is 5.91 Å². The Balaban J connectivity index is 1.81. The Morgan fingerprint density at radius 2 is 1.57 bits per heavy atom. The molecule has 0 N–H and O–H groups in total. The first-order chi connectivity index (χ1) is 13.7. The highest BCUT2D eigenvalue weighted by atomic mass is 16.5. The predicted molar refractivity (Wildman–Crippen MR) is 113 cm³/mol. The van der Waals surface area contributed by atoms with Gasteiger partial charge in [-0.05, 0) is 42.3 Å². The van der Waals surface area contributed by atoms with Crippen LogP contribution in [0.3, 0.4) is 0 Å². The van der Waals surface area contributed by atoms with Gasteiger partial charge in [0.05, 0.1) is 12.8 Å². The predicted octanol–water partition coefficient (Wildman–Crippen LogP) is 4.84. The van der Waals surface area contributed by atoms with Crippen LogP contribution in [0.4, 0.5) is 5.69 Å². The van der Waals surface area contributed by atoms with Gasteiger partial charge >= 0.3 is 0 Å². The van der Waals surface area contributed by atoms with Crippen LogP contribution < -0.4 is 9.64 Å². The third-order valence-corrected chi connectivity index (χ3v) is 4.67. The molecule has 0 saturated heterocycles. The number of hydrogen-bond donors (Lipinski definition) is 0. The summed E-state index contributed by atoms with van der Waals surface area (Å²) in [6.07, 6.45) is 1.81. The number of aliphatic imine (C=N–C) groups is 1. The zero-order valence-electron chi connectivity index (χ0n) is 15.8. The molecule has 1 aliphatic heterocycles. The average molecular weight is 368 g/mol. The van der Waals surface area contributed by atoms with Gasteiger partial charge in [0.25, 0.3) is 5.91 Å². The quantitative estimate of drug-likeness (QED) is 0.619. The average Bonchev–Trinajstić information content (AvgIpc) is 3.06. The van der Waals surface area contributed by atoms with Crippen LogP contribution in [0.2, 0.25) is 0 Å². The van der Waals surface area contributed by atoms with Crippen molar-refractivity contribution in [1.29, 1.82) is 0 Å². The molecule has 4 rings (SSSR count). The normalized spacial score (nSPS) is 15.1. The van der Waals surface area contributed by atoms with Crippen LogP contribution in [0.15, 0.2) is 89.6 Å². The molecule has 1 amide bonds. The SMILES string of the molecule is COc1ccc(C=C2N=C(c3ccccc3)N(c3ccccc3C)C2=O)cc1. The fraction of sp³-hybridized carbons (Fsp3) is 0.0833. The summed E-state index contributed by atoms with van der Waals surface area (Å²) in [6, 6.07) is 25.2. The number of aryl methyl sites for hydroxylation is 1. The Morgan fingerprint density at radius 3 is 2.25 bits per heavy atom. The highest BCUT2D eigenvalue weighted by Crippen LogP contribution is 2.30. The molecule has 4 nitrogen and oxygen atoms in total. The van der Waals surface area contributed by atoms with E-state index in [0.717, 1.165) is 28.1 Å². The first kappa shape index (κ1) is 17.7. The van der Waals surface area contributed by atoms with Gasteiger partial charge in [0.2, 0.25) is 0 Å². The molecule has 1 heterocycles. The highest BCUT2D eigenvalue weighted by Gasteiger charge is 2.33. The van der Waals surface area contributed by atoms with E-state index < -0.39 is 0 Å². The van der Waals surface area contributed by atoms with Crippen molar-refractivity contribution in [3.63, 3.8) is 0 Å². The van der Waals surface area contributed by atoms with Crippen LogP contribution in [-0.4, -0.2) is 18.9 Å². The van der Waals surface area contributed by atoms with Crippen LogP contribution in [0.5, 0.6) is 5.75 Å². The van der Waals surface area contributed by atoms with E-state index in [4.69, 9.17) is 9.73 Å². The summed E-state index contributed by atoms with van der Waals surface area (Å²) >= 11 is 0. The number of methoxy groups -OCH3 is 1. The first-order valence-corrected chi connectivity index (χ1v) is 9.07. The summed E-state index contributed by atoms with van der Waals surface area (Å²) in [5, 5.41) is 0. The zero-order chi connectivity index (χ0) is 19.5. The number of para-hydroxylation sites is 1. The van der Waals surface area contributed by atoms with Crippen molar-refractivity contribution in [3.8, 4) is 5.75 Å². The molecule has 0 radical (unpaired) electrons. The molecular weight excluding hydrogens is 348 g/mol. The molecule has 3 aromatic rings. The summed E-state index contributed by atoms with van der Waals surface area (Å²) in [4.78, 5) is 19.7. The molecule has 0 saturated carbocycles. The molecule has 0 unspecified atom stereocenters. The molecule has 3 aromatic carbocycles. The molecule has 4 heteroatoms. The van der Waals surface area contributed by atoms with Crippen LogP contribution >= 0.6 is 0 Å². The van der Waals surface area contributed by atoms with Crippen molar-refractivity contribution >= 4 is 23.5 Å². The minimum absolute atomic E-state index is 0.135. The topological polar surface area (TPSA) is 41.9 Å². The summed E-state index contributed by atoms with van der Waals surface area (Å²) in [7, 11) is 1.63. The third kappa shape index (κ3) is 3.32. The second-order valence-corrected chi connectivity index (χ2v) is 6.53. The largest absolute Gasteiger partial charge is 0.497 e. The number of amidine groups is 1. The van der Waals surface area contributed by atoms with Crippen molar-refractivity contribution < 1.29 is 9.53 Å². The number of carbonyl (C=O) groups excluding carboxylic acids is 1. The van der Waals surface area contributed by atoms with E-state index in [2.05, 4.69) is 0 Å². The lowest BCUT2D eigenvalue weighted by Gasteiger charge is -2.20. The summed E-state index contributed by atoms with van der Waals surface area (Å²) < 4.78 is 5.20. The van der Waals surface area contributed by atoms with Crippen molar-refractivity contribution in [2.24, 2.45) is 4.99 Å².